The Morgan fingerprint density at radius 2 is 2.25 bits per heavy atom. The third-order valence-corrected chi connectivity index (χ3v) is 3.77. The maximum absolute atomic E-state index is 5.98. The lowest BCUT2D eigenvalue weighted by atomic mass is 10.1. The Hall–Kier alpha value is -0.550. The van der Waals surface area contributed by atoms with E-state index in [1.165, 1.54) is 25.7 Å². The van der Waals surface area contributed by atoms with E-state index >= 15 is 0 Å². The zero-order chi connectivity index (χ0) is 11.4. The van der Waals surface area contributed by atoms with Crippen molar-refractivity contribution in [2.45, 2.75) is 44.1 Å². The van der Waals surface area contributed by atoms with E-state index in [2.05, 4.69) is 16.4 Å². The first-order valence-corrected chi connectivity index (χ1v) is 7.28. The van der Waals surface area contributed by atoms with Gasteiger partial charge in [0.1, 0.15) is 0 Å². The van der Waals surface area contributed by atoms with Gasteiger partial charge in [-0.25, -0.2) is 0 Å². The molecule has 16 heavy (non-hydrogen) atoms. The highest BCUT2D eigenvalue weighted by atomic mass is 32.2. The van der Waals surface area contributed by atoms with Crippen LogP contribution in [0.15, 0.2) is 4.52 Å². The van der Waals surface area contributed by atoms with Gasteiger partial charge in [-0.1, -0.05) is 18.0 Å². The molecule has 0 aromatic carbocycles. The lowest BCUT2D eigenvalue weighted by molar-refractivity contribution is 0.346. The third kappa shape index (κ3) is 2.77. The van der Waals surface area contributed by atoms with Crippen LogP contribution in [0.1, 0.15) is 55.8 Å². The van der Waals surface area contributed by atoms with E-state index in [1.54, 1.807) is 11.8 Å². The molecule has 1 saturated carbocycles. The van der Waals surface area contributed by atoms with Crippen LogP contribution in [-0.4, -0.2) is 22.1 Å². The smallest absolute Gasteiger partial charge is 0.243 e. The molecule has 0 amide bonds. The zero-order valence-electron chi connectivity index (χ0n) is 9.69. The molecule has 1 aromatic rings. The molecule has 2 rings (SSSR count). The Labute approximate surface area is 100 Å². The lowest BCUT2D eigenvalue weighted by Crippen LogP contribution is -2.11. The second kappa shape index (κ2) is 5.68. The van der Waals surface area contributed by atoms with Crippen LogP contribution in [0.4, 0.5) is 0 Å². The van der Waals surface area contributed by atoms with Gasteiger partial charge in [0.15, 0.2) is 5.82 Å². The summed E-state index contributed by atoms with van der Waals surface area (Å²) < 4.78 is 5.24. The molecule has 0 saturated heterocycles. The lowest BCUT2D eigenvalue weighted by Gasteiger charge is -2.04. The molecule has 0 aliphatic heterocycles. The average Bonchev–Trinajstić information content (AvgIpc) is 2.94. The van der Waals surface area contributed by atoms with Crippen LogP contribution in [0.25, 0.3) is 0 Å². The van der Waals surface area contributed by atoms with Gasteiger partial charge in [-0.15, -0.1) is 0 Å². The van der Waals surface area contributed by atoms with Crippen molar-refractivity contribution >= 4 is 11.8 Å². The van der Waals surface area contributed by atoms with Crippen molar-refractivity contribution in [3.63, 3.8) is 0 Å². The van der Waals surface area contributed by atoms with Gasteiger partial charge in [-0.2, -0.15) is 16.7 Å². The topological polar surface area (TPSA) is 64.9 Å². The van der Waals surface area contributed by atoms with Crippen molar-refractivity contribution in [1.82, 2.24) is 10.1 Å². The van der Waals surface area contributed by atoms with Gasteiger partial charge >= 0.3 is 0 Å². The highest BCUT2D eigenvalue weighted by Gasteiger charge is 2.23. The molecule has 0 bridgehead atoms. The van der Waals surface area contributed by atoms with Crippen molar-refractivity contribution < 1.29 is 4.52 Å². The molecule has 0 spiro atoms. The molecule has 1 aromatic heterocycles. The maximum atomic E-state index is 5.98. The van der Waals surface area contributed by atoms with Crippen LogP contribution in [0.2, 0.25) is 0 Å². The summed E-state index contributed by atoms with van der Waals surface area (Å²) in [5.41, 5.74) is 5.98. The highest BCUT2D eigenvalue weighted by molar-refractivity contribution is 7.98. The molecule has 4 nitrogen and oxygen atoms in total. The fourth-order valence-corrected chi connectivity index (χ4v) is 2.61. The number of rotatable bonds is 5. The maximum Gasteiger partial charge on any atom is 0.243 e. The Kier molecular flexibility index (Phi) is 4.23. The summed E-state index contributed by atoms with van der Waals surface area (Å²) in [6.45, 7) is 0. The summed E-state index contributed by atoms with van der Waals surface area (Å²) in [6, 6.07) is -0.102. The summed E-state index contributed by atoms with van der Waals surface area (Å²) in [5, 5.41) is 4.05. The fraction of sp³-hybridized carbons (Fsp3) is 0.818. The van der Waals surface area contributed by atoms with E-state index < -0.39 is 0 Å². The van der Waals surface area contributed by atoms with E-state index in [-0.39, 0.29) is 6.04 Å². The Morgan fingerprint density at radius 1 is 1.50 bits per heavy atom. The van der Waals surface area contributed by atoms with Gasteiger partial charge in [0.05, 0.1) is 6.04 Å². The predicted molar refractivity (Wildman–Crippen MR) is 65.4 cm³/mol. The number of nitrogens with two attached hydrogens (primary N) is 1. The van der Waals surface area contributed by atoms with Crippen LogP contribution in [-0.2, 0) is 0 Å². The second-order valence-electron chi connectivity index (χ2n) is 4.36. The largest absolute Gasteiger partial charge is 0.338 e. The van der Waals surface area contributed by atoms with Crippen LogP contribution in [0, 0.1) is 0 Å². The number of aromatic nitrogens is 2. The van der Waals surface area contributed by atoms with Gasteiger partial charge in [0, 0.05) is 5.92 Å². The van der Waals surface area contributed by atoms with Crippen molar-refractivity contribution in [3.05, 3.63) is 11.7 Å². The number of hydrogen-bond donors (Lipinski definition) is 1. The van der Waals surface area contributed by atoms with Gasteiger partial charge in [-0.05, 0) is 31.3 Å². The van der Waals surface area contributed by atoms with Crippen molar-refractivity contribution in [2.75, 3.05) is 12.0 Å². The summed E-state index contributed by atoms with van der Waals surface area (Å²) >= 11 is 1.79. The van der Waals surface area contributed by atoms with Crippen LogP contribution in [0.5, 0.6) is 0 Å². The minimum atomic E-state index is -0.102. The van der Waals surface area contributed by atoms with E-state index in [1.807, 2.05) is 0 Å². The first-order chi connectivity index (χ1) is 7.81. The molecule has 1 fully saturated rings. The minimum Gasteiger partial charge on any atom is -0.338 e. The van der Waals surface area contributed by atoms with Crippen LogP contribution >= 0.6 is 11.8 Å². The molecule has 1 atom stereocenters. The molecule has 5 heteroatoms. The SMILES string of the molecule is CSCC[C@@H](N)c1nc(C2CCCC2)no1. The van der Waals surface area contributed by atoms with Gasteiger partial charge in [0.2, 0.25) is 5.89 Å². The first kappa shape index (κ1) is 11.9. The zero-order valence-corrected chi connectivity index (χ0v) is 10.5. The second-order valence-corrected chi connectivity index (χ2v) is 5.35. The molecule has 1 aliphatic rings. The molecule has 90 valence electrons. The van der Waals surface area contributed by atoms with E-state index in [0.29, 0.717) is 11.8 Å². The first-order valence-electron chi connectivity index (χ1n) is 5.89. The van der Waals surface area contributed by atoms with E-state index in [0.717, 1.165) is 18.0 Å². The highest BCUT2D eigenvalue weighted by Crippen LogP contribution is 2.32. The monoisotopic (exact) mass is 241 g/mol. The summed E-state index contributed by atoms with van der Waals surface area (Å²) in [7, 11) is 0. The quantitative estimate of drug-likeness (QED) is 0.858. The van der Waals surface area contributed by atoms with Crippen molar-refractivity contribution in [1.29, 1.82) is 0 Å². The van der Waals surface area contributed by atoms with E-state index in [9.17, 15) is 0 Å². The Bertz CT molecular complexity index is 323. The number of nitrogens with zero attached hydrogens (tertiary/aromatic N) is 2. The third-order valence-electron chi connectivity index (χ3n) is 3.13. The normalized spacial score (nSPS) is 19.1. The number of hydrogen-bond acceptors (Lipinski definition) is 5. The Morgan fingerprint density at radius 3 is 2.94 bits per heavy atom. The fourth-order valence-electron chi connectivity index (χ4n) is 2.12. The van der Waals surface area contributed by atoms with Gasteiger partial charge < -0.3 is 10.3 Å². The summed E-state index contributed by atoms with van der Waals surface area (Å²) in [5.74, 6) is 3.01. The van der Waals surface area contributed by atoms with E-state index in [4.69, 9.17) is 10.3 Å². The standard InChI is InChI=1S/C11H19N3OS/c1-16-7-6-9(12)11-13-10(14-15-11)8-4-2-3-5-8/h8-9H,2-7,12H2,1H3/t9-/m1/s1. The van der Waals surface area contributed by atoms with Gasteiger partial charge in [-0.3, -0.25) is 0 Å². The molecular weight excluding hydrogens is 222 g/mol. The molecular formula is C11H19N3OS. The number of thioether (sulfide) groups is 1. The summed E-state index contributed by atoms with van der Waals surface area (Å²) in [6.07, 6.45) is 7.93. The average molecular weight is 241 g/mol. The molecule has 2 N–H and O–H groups in total. The molecule has 0 radical (unpaired) electrons. The predicted octanol–water partition coefficient (Wildman–Crippen LogP) is 2.48. The van der Waals surface area contributed by atoms with Crippen LogP contribution in [0.3, 0.4) is 0 Å². The van der Waals surface area contributed by atoms with Crippen molar-refractivity contribution in [2.24, 2.45) is 5.73 Å². The molecule has 1 heterocycles. The Balaban J connectivity index is 1.95. The summed E-state index contributed by atoms with van der Waals surface area (Å²) in [4.78, 5) is 4.43. The minimum absolute atomic E-state index is 0.102. The molecule has 0 unspecified atom stereocenters. The van der Waals surface area contributed by atoms with Crippen molar-refractivity contribution in [3.8, 4) is 0 Å². The van der Waals surface area contributed by atoms with Crippen LogP contribution < -0.4 is 5.73 Å². The van der Waals surface area contributed by atoms with Gasteiger partial charge in [0.25, 0.3) is 0 Å². The molecule has 1 aliphatic carbocycles.